The molecule has 0 saturated carbocycles. The molecule has 2 rings (SSSR count). The van der Waals surface area contributed by atoms with Gasteiger partial charge in [0, 0.05) is 23.2 Å². The van der Waals surface area contributed by atoms with Crippen molar-refractivity contribution in [2.24, 2.45) is 5.73 Å². The highest BCUT2D eigenvalue weighted by atomic mass is 32.2. The Labute approximate surface area is 115 Å². The van der Waals surface area contributed by atoms with Crippen molar-refractivity contribution < 1.29 is 0 Å². The van der Waals surface area contributed by atoms with Gasteiger partial charge in [0.25, 0.3) is 0 Å². The van der Waals surface area contributed by atoms with E-state index in [0.717, 1.165) is 10.6 Å². The molecule has 0 bridgehead atoms. The van der Waals surface area contributed by atoms with Gasteiger partial charge in [-0.3, -0.25) is 9.55 Å². The molecule has 0 radical (unpaired) electrons. The molecule has 2 aromatic rings. The van der Waals surface area contributed by atoms with Crippen LogP contribution in [-0.4, -0.2) is 19.7 Å². The molecule has 0 aliphatic heterocycles. The van der Waals surface area contributed by atoms with E-state index >= 15 is 0 Å². The molecule has 7 heteroatoms. The fourth-order valence-electron chi connectivity index (χ4n) is 1.64. The van der Waals surface area contributed by atoms with Gasteiger partial charge in [-0.15, -0.1) is 5.10 Å². The zero-order chi connectivity index (χ0) is 14.0. The van der Waals surface area contributed by atoms with Crippen LogP contribution in [0.2, 0.25) is 0 Å². The van der Waals surface area contributed by atoms with E-state index in [2.05, 4.69) is 15.2 Å². The fourth-order valence-corrected chi connectivity index (χ4v) is 2.58. The lowest BCUT2D eigenvalue weighted by molar-refractivity contribution is 0.534. The monoisotopic (exact) mass is 279 g/mol. The third-order valence-electron chi connectivity index (χ3n) is 2.62. The van der Waals surface area contributed by atoms with Gasteiger partial charge in [-0.2, -0.15) is 0 Å². The molecule has 2 aromatic heterocycles. The van der Waals surface area contributed by atoms with Gasteiger partial charge >= 0.3 is 5.69 Å². The average molecular weight is 279 g/mol. The van der Waals surface area contributed by atoms with Crippen LogP contribution in [0.5, 0.6) is 0 Å². The number of aromatic amines is 1. The highest BCUT2D eigenvalue weighted by molar-refractivity contribution is 7.99. The molecule has 19 heavy (non-hydrogen) atoms. The number of aromatic nitrogens is 4. The predicted molar refractivity (Wildman–Crippen MR) is 74.2 cm³/mol. The summed E-state index contributed by atoms with van der Waals surface area (Å²) < 4.78 is 1.62. The molecule has 0 aromatic carbocycles. The van der Waals surface area contributed by atoms with E-state index in [1.54, 1.807) is 10.8 Å². The van der Waals surface area contributed by atoms with Crippen molar-refractivity contribution in [3.8, 4) is 0 Å². The van der Waals surface area contributed by atoms with Crippen molar-refractivity contribution >= 4 is 11.8 Å². The maximum Gasteiger partial charge on any atom is 0.344 e. The molecule has 102 valence electrons. The standard InChI is InChI=1S/C12H17N5OS/c1-7(2)17-11(18)15-16-12(17)19-9-4-5-10(8(3)13)14-6-9/h4-8H,13H2,1-3H3,(H,15,18)/t8-/m1/s1. The first-order valence-corrected chi connectivity index (χ1v) is 6.87. The second kappa shape index (κ2) is 5.58. The molecule has 0 aliphatic rings. The SMILES string of the molecule is CC(C)n1c(Sc2ccc([C@@H](C)N)nc2)n[nH]c1=O. The summed E-state index contributed by atoms with van der Waals surface area (Å²) in [7, 11) is 0. The Morgan fingerprint density at radius 2 is 2.11 bits per heavy atom. The van der Waals surface area contributed by atoms with Crippen LogP contribution >= 0.6 is 11.8 Å². The molecule has 0 aliphatic carbocycles. The van der Waals surface area contributed by atoms with Gasteiger partial charge in [-0.1, -0.05) is 0 Å². The molecule has 0 saturated heterocycles. The van der Waals surface area contributed by atoms with E-state index in [4.69, 9.17) is 5.73 Å². The summed E-state index contributed by atoms with van der Waals surface area (Å²) in [6, 6.07) is 3.79. The number of nitrogens with two attached hydrogens (primary N) is 1. The minimum absolute atomic E-state index is 0.0602. The van der Waals surface area contributed by atoms with Crippen LogP contribution in [-0.2, 0) is 0 Å². The average Bonchev–Trinajstić information content (AvgIpc) is 2.71. The number of rotatable bonds is 4. The number of nitrogens with one attached hydrogen (secondary N) is 1. The summed E-state index contributed by atoms with van der Waals surface area (Å²) in [5.41, 5.74) is 6.40. The largest absolute Gasteiger partial charge is 0.344 e. The van der Waals surface area contributed by atoms with E-state index in [1.807, 2.05) is 32.9 Å². The Hall–Kier alpha value is -1.60. The maximum absolute atomic E-state index is 11.6. The lowest BCUT2D eigenvalue weighted by Crippen LogP contribution is -2.19. The first-order chi connectivity index (χ1) is 8.99. The van der Waals surface area contributed by atoms with Crippen molar-refractivity contribution in [3.63, 3.8) is 0 Å². The summed E-state index contributed by atoms with van der Waals surface area (Å²) in [4.78, 5) is 16.8. The smallest absolute Gasteiger partial charge is 0.323 e. The van der Waals surface area contributed by atoms with Crippen LogP contribution < -0.4 is 11.4 Å². The first-order valence-electron chi connectivity index (χ1n) is 6.05. The molecule has 3 N–H and O–H groups in total. The molecule has 0 fully saturated rings. The summed E-state index contributed by atoms with van der Waals surface area (Å²) in [6.07, 6.45) is 1.74. The van der Waals surface area contributed by atoms with Crippen molar-refractivity contribution in [1.29, 1.82) is 0 Å². The maximum atomic E-state index is 11.6. The molecular weight excluding hydrogens is 262 g/mol. The Morgan fingerprint density at radius 1 is 1.37 bits per heavy atom. The second-order valence-corrected chi connectivity index (χ2v) is 5.63. The number of hydrogen-bond acceptors (Lipinski definition) is 5. The predicted octanol–water partition coefficient (Wildman–Crippen LogP) is 1.72. The Balaban J connectivity index is 2.24. The van der Waals surface area contributed by atoms with Crippen molar-refractivity contribution in [1.82, 2.24) is 19.7 Å². The minimum atomic E-state index is -0.197. The third-order valence-corrected chi connectivity index (χ3v) is 3.57. The van der Waals surface area contributed by atoms with Crippen LogP contribution in [0.25, 0.3) is 0 Å². The Morgan fingerprint density at radius 3 is 2.63 bits per heavy atom. The van der Waals surface area contributed by atoms with Crippen LogP contribution in [0.15, 0.2) is 33.2 Å². The van der Waals surface area contributed by atoms with Crippen LogP contribution in [0, 0.1) is 0 Å². The number of hydrogen-bond donors (Lipinski definition) is 2. The van der Waals surface area contributed by atoms with Crippen LogP contribution in [0.3, 0.4) is 0 Å². The van der Waals surface area contributed by atoms with Gasteiger partial charge in [-0.25, -0.2) is 9.89 Å². The van der Waals surface area contributed by atoms with Gasteiger partial charge in [0.1, 0.15) is 0 Å². The topological polar surface area (TPSA) is 89.6 Å². The Kier molecular flexibility index (Phi) is 4.06. The number of nitrogens with zero attached hydrogens (tertiary/aromatic N) is 3. The van der Waals surface area contributed by atoms with Crippen LogP contribution in [0.1, 0.15) is 38.5 Å². The summed E-state index contributed by atoms with van der Waals surface area (Å²) in [6.45, 7) is 5.77. The molecule has 0 spiro atoms. The molecular formula is C12H17N5OS. The van der Waals surface area contributed by atoms with Gasteiger partial charge < -0.3 is 5.73 Å². The Bertz CT molecular complexity index is 599. The van der Waals surface area contributed by atoms with Crippen molar-refractivity contribution in [2.45, 2.75) is 42.9 Å². The first kappa shape index (κ1) is 13.8. The van der Waals surface area contributed by atoms with E-state index in [1.165, 1.54) is 11.8 Å². The number of H-pyrrole nitrogens is 1. The molecule has 2 heterocycles. The van der Waals surface area contributed by atoms with Crippen molar-refractivity contribution in [2.75, 3.05) is 0 Å². The van der Waals surface area contributed by atoms with Crippen LogP contribution in [0.4, 0.5) is 0 Å². The van der Waals surface area contributed by atoms with E-state index < -0.39 is 0 Å². The highest BCUT2D eigenvalue weighted by Crippen LogP contribution is 2.26. The van der Waals surface area contributed by atoms with Crippen molar-refractivity contribution in [3.05, 3.63) is 34.5 Å². The van der Waals surface area contributed by atoms with E-state index in [9.17, 15) is 4.79 Å². The molecule has 0 amide bonds. The highest BCUT2D eigenvalue weighted by Gasteiger charge is 2.13. The molecule has 6 nitrogen and oxygen atoms in total. The van der Waals surface area contributed by atoms with E-state index in [0.29, 0.717) is 5.16 Å². The second-order valence-electron chi connectivity index (χ2n) is 4.58. The summed E-state index contributed by atoms with van der Waals surface area (Å²) in [5, 5.41) is 7.12. The molecule has 1 atom stereocenters. The zero-order valence-corrected chi connectivity index (χ0v) is 11.9. The lowest BCUT2D eigenvalue weighted by Gasteiger charge is -2.09. The lowest BCUT2D eigenvalue weighted by atomic mass is 10.2. The normalized spacial score (nSPS) is 12.9. The molecule has 0 unspecified atom stereocenters. The van der Waals surface area contributed by atoms with Gasteiger partial charge in [0.2, 0.25) is 0 Å². The van der Waals surface area contributed by atoms with Gasteiger partial charge in [0.05, 0.1) is 5.69 Å². The van der Waals surface area contributed by atoms with Gasteiger partial charge in [-0.05, 0) is 44.7 Å². The quantitative estimate of drug-likeness (QED) is 0.889. The zero-order valence-electron chi connectivity index (χ0n) is 11.1. The summed E-state index contributed by atoms with van der Waals surface area (Å²) >= 11 is 1.40. The van der Waals surface area contributed by atoms with Gasteiger partial charge in [0.15, 0.2) is 5.16 Å². The summed E-state index contributed by atoms with van der Waals surface area (Å²) in [5.74, 6) is 0. The minimum Gasteiger partial charge on any atom is -0.323 e. The third kappa shape index (κ3) is 3.05. The number of pyridine rings is 1. The van der Waals surface area contributed by atoms with E-state index in [-0.39, 0.29) is 17.8 Å². The fraction of sp³-hybridized carbons (Fsp3) is 0.417.